The maximum Gasteiger partial charge on any atom is 0.434 e. The van der Waals surface area contributed by atoms with E-state index >= 15 is 0 Å². The number of benzene rings is 3. The van der Waals surface area contributed by atoms with Crippen molar-refractivity contribution < 1.29 is 19.5 Å². The third-order valence-electron chi connectivity index (χ3n) is 5.42. The molecule has 0 atom stereocenters. The summed E-state index contributed by atoms with van der Waals surface area (Å²) in [7, 11) is -4.60. The molecule has 30 heavy (non-hydrogen) atoms. The summed E-state index contributed by atoms with van der Waals surface area (Å²) >= 11 is 0. The third-order valence-corrected chi connectivity index (χ3v) is 6.40. The van der Waals surface area contributed by atoms with Gasteiger partial charge in [-0.2, -0.15) is 0 Å². The van der Waals surface area contributed by atoms with Gasteiger partial charge in [-0.25, -0.2) is 4.57 Å². The minimum atomic E-state index is -4.60. The van der Waals surface area contributed by atoms with Gasteiger partial charge in [0.25, 0.3) is 0 Å². The zero-order chi connectivity index (χ0) is 21.3. The zero-order valence-electron chi connectivity index (χ0n) is 16.7. The molecule has 0 amide bonds. The number of rotatable bonds is 6. The number of nitrogens with zero attached hydrogens (tertiary/aromatic N) is 1. The minimum Gasteiger partial charge on any atom is -0.308 e. The SMILES string of the molecule is CCc1c(Cc2ccccc2)c2c(Cc3ccccc3)c([O])ccc2n1P(=O)(O)O. The van der Waals surface area contributed by atoms with Crippen molar-refractivity contribution in [1.82, 2.24) is 4.34 Å². The number of hydrogen-bond acceptors (Lipinski definition) is 1. The van der Waals surface area contributed by atoms with Crippen LogP contribution in [0.25, 0.3) is 10.9 Å². The molecule has 0 aliphatic rings. The highest BCUT2D eigenvalue weighted by Gasteiger charge is 2.29. The molecule has 0 bridgehead atoms. The van der Waals surface area contributed by atoms with Gasteiger partial charge in [-0.15, -0.1) is 0 Å². The standard InChI is InChI=1S/C24H23NO4P/c1-2-21-19(15-17-9-5-3-6-10-17)24-20(16-18-11-7-4-8-12-18)23(26)14-13-22(24)25(21)30(27,28)29/h3-14H,2,15-16H2,1H3,(H2,27,28,29). The molecule has 1 radical (unpaired) electrons. The predicted molar refractivity (Wildman–Crippen MR) is 117 cm³/mol. The van der Waals surface area contributed by atoms with Crippen molar-refractivity contribution in [2.24, 2.45) is 0 Å². The van der Waals surface area contributed by atoms with Crippen molar-refractivity contribution in [3.63, 3.8) is 0 Å². The first-order valence-electron chi connectivity index (χ1n) is 9.89. The van der Waals surface area contributed by atoms with Gasteiger partial charge in [-0.05, 0) is 41.7 Å². The summed E-state index contributed by atoms with van der Waals surface area (Å²) in [5.41, 5.74) is 4.38. The van der Waals surface area contributed by atoms with Crippen molar-refractivity contribution >= 4 is 18.6 Å². The molecule has 5 nitrogen and oxygen atoms in total. The lowest BCUT2D eigenvalue weighted by Crippen LogP contribution is -2.02. The van der Waals surface area contributed by atoms with Crippen LogP contribution in [0.2, 0.25) is 0 Å². The molecule has 0 spiro atoms. The van der Waals surface area contributed by atoms with Gasteiger partial charge in [0.05, 0.1) is 5.52 Å². The van der Waals surface area contributed by atoms with Crippen molar-refractivity contribution in [2.45, 2.75) is 26.2 Å². The molecule has 0 fully saturated rings. The van der Waals surface area contributed by atoms with Crippen LogP contribution in [0.5, 0.6) is 5.75 Å². The van der Waals surface area contributed by atoms with E-state index in [0.29, 0.717) is 41.4 Å². The maximum absolute atomic E-state index is 12.9. The Morgan fingerprint density at radius 1 is 0.800 bits per heavy atom. The molecule has 0 aliphatic heterocycles. The van der Waals surface area contributed by atoms with Crippen LogP contribution >= 0.6 is 7.75 Å². The fourth-order valence-electron chi connectivity index (χ4n) is 4.17. The van der Waals surface area contributed by atoms with E-state index < -0.39 is 7.75 Å². The maximum atomic E-state index is 12.9. The van der Waals surface area contributed by atoms with Gasteiger partial charge in [0, 0.05) is 23.1 Å². The smallest absolute Gasteiger partial charge is 0.308 e. The number of fused-ring (bicyclic) bond motifs is 1. The van der Waals surface area contributed by atoms with Crippen LogP contribution in [0, 0.1) is 0 Å². The quantitative estimate of drug-likeness (QED) is 0.406. The molecule has 0 saturated carbocycles. The normalized spacial score (nSPS) is 11.8. The van der Waals surface area contributed by atoms with Crippen LogP contribution in [-0.4, -0.2) is 14.1 Å². The van der Waals surface area contributed by atoms with Gasteiger partial charge < -0.3 is 9.79 Å². The Balaban J connectivity index is 2.03. The Labute approximate surface area is 175 Å². The Morgan fingerprint density at radius 3 is 1.83 bits per heavy atom. The highest BCUT2D eigenvalue weighted by atomic mass is 31.2. The van der Waals surface area contributed by atoms with E-state index in [0.717, 1.165) is 21.0 Å². The summed E-state index contributed by atoms with van der Waals surface area (Å²) < 4.78 is 13.5. The Bertz CT molecular complexity index is 1230. The molecule has 0 aliphatic carbocycles. The molecule has 1 aromatic heterocycles. The van der Waals surface area contributed by atoms with Crippen LogP contribution in [-0.2, 0) is 28.9 Å². The highest BCUT2D eigenvalue weighted by Crippen LogP contribution is 2.47. The van der Waals surface area contributed by atoms with Gasteiger partial charge >= 0.3 is 7.75 Å². The van der Waals surface area contributed by atoms with E-state index in [1.54, 1.807) is 6.07 Å². The lowest BCUT2D eigenvalue weighted by Gasteiger charge is -2.12. The molecule has 153 valence electrons. The summed E-state index contributed by atoms with van der Waals surface area (Å²) in [6, 6.07) is 22.4. The van der Waals surface area contributed by atoms with Crippen LogP contribution in [0.1, 0.15) is 34.9 Å². The van der Waals surface area contributed by atoms with E-state index in [1.807, 2.05) is 67.6 Å². The first kappa shape index (κ1) is 20.4. The van der Waals surface area contributed by atoms with Gasteiger partial charge in [0.15, 0.2) is 5.75 Å². The topological polar surface area (TPSA) is 82.4 Å². The summed E-state index contributed by atoms with van der Waals surface area (Å²) in [4.78, 5) is 20.2. The second kappa shape index (κ2) is 8.11. The average Bonchev–Trinajstić information content (AvgIpc) is 3.05. The molecular weight excluding hydrogens is 397 g/mol. The van der Waals surface area contributed by atoms with Gasteiger partial charge in [0.1, 0.15) is 0 Å². The molecule has 4 aromatic rings. The Morgan fingerprint density at radius 2 is 1.33 bits per heavy atom. The summed E-state index contributed by atoms with van der Waals surface area (Å²) in [5.74, 6) is -0.119. The number of hydrogen-bond donors (Lipinski definition) is 2. The van der Waals surface area contributed by atoms with Gasteiger partial charge in [0.2, 0.25) is 0 Å². The fraction of sp³-hybridized carbons (Fsp3) is 0.167. The lowest BCUT2D eigenvalue weighted by molar-refractivity contribution is 0.351. The molecule has 4 rings (SSSR count). The van der Waals surface area contributed by atoms with E-state index in [-0.39, 0.29) is 5.75 Å². The monoisotopic (exact) mass is 420 g/mol. The van der Waals surface area contributed by atoms with Crippen molar-refractivity contribution in [3.05, 3.63) is 101 Å². The third kappa shape index (κ3) is 3.80. The fourth-order valence-corrected chi connectivity index (χ4v) is 5.20. The van der Waals surface area contributed by atoms with E-state index in [1.165, 1.54) is 6.07 Å². The summed E-state index contributed by atoms with van der Waals surface area (Å²) in [6.45, 7) is 1.88. The first-order valence-corrected chi connectivity index (χ1v) is 11.5. The largest absolute Gasteiger partial charge is 0.434 e. The van der Waals surface area contributed by atoms with Gasteiger partial charge in [-0.3, -0.25) is 9.44 Å². The van der Waals surface area contributed by atoms with E-state index in [2.05, 4.69) is 0 Å². The Hall–Kier alpha value is -2.85. The van der Waals surface area contributed by atoms with Crippen molar-refractivity contribution in [3.8, 4) is 5.75 Å². The average molecular weight is 420 g/mol. The van der Waals surface area contributed by atoms with Crippen molar-refractivity contribution in [1.29, 1.82) is 0 Å². The van der Waals surface area contributed by atoms with Crippen LogP contribution in [0.3, 0.4) is 0 Å². The molecule has 2 N–H and O–H groups in total. The lowest BCUT2D eigenvalue weighted by atomic mass is 9.94. The molecule has 3 aromatic carbocycles. The molecule has 0 saturated heterocycles. The summed E-state index contributed by atoms with van der Waals surface area (Å²) in [5, 5.41) is 13.6. The molecule has 6 heteroatoms. The Kier molecular flexibility index (Phi) is 5.52. The number of aromatic nitrogens is 1. The second-order valence-electron chi connectivity index (χ2n) is 7.37. The van der Waals surface area contributed by atoms with Gasteiger partial charge in [-0.1, -0.05) is 67.6 Å². The first-order chi connectivity index (χ1) is 14.4. The molecular formula is C24H23NO4P. The van der Waals surface area contributed by atoms with Crippen LogP contribution in [0.4, 0.5) is 0 Å². The zero-order valence-corrected chi connectivity index (χ0v) is 17.5. The van der Waals surface area contributed by atoms with E-state index in [4.69, 9.17) is 0 Å². The van der Waals surface area contributed by atoms with Crippen molar-refractivity contribution in [2.75, 3.05) is 0 Å². The minimum absolute atomic E-state index is 0.119. The predicted octanol–water partition coefficient (Wildman–Crippen LogP) is 5.47. The van der Waals surface area contributed by atoms with Crippen LogP contribution < -0.4 is 0 Å². The van der Waals surface area contributed by atoms with Crippen LogP contribution in [0.15, 0.2) is 72.8 Å². The summed E-state index contributed by atoms with van der Waals surface area (Å²) in [6.07, 6.45) is 1.35. The molecule has 0 unspecified atom stereocenters. The second-order valence-corrected chi connectivity index (χ2v) is 8.79. The molecule has 1 heterocycles. The highest BCUT2D eigenvalue weighted by molar-refractivity contribution is 7.50. The van der Waals surface area contributed by atoms with E-state index in [9.17, 15) is 19.5 Å².